The Morgan fingerprint density at radius 2 is 1.80 bits per heavy atom. The summed E-state index contributed by atoms with van der Waals surface area (Å²) in [5, 5.41) is 8.77. The number of carbonyl (C=O) groups excluding carboxylic acids is 1. The number of ether oxygens (including phenoxy) is 2. The van der Waals surface area contributed by atoms with Crippen molar-refractivity contribution >= 4 is 13.8 Å². The molecular weight excluding hydrogens is 287 g/mol. The maximum atomic E-state index is 12.4. The molecule has 0 bridgehead atoms. The van der Waals surface area contributed by atoms with E-state index in [0.29, 0.717) is 0 Å². The topological polar surface area (TPSA) is 91.3 Å². The minimum atomic E-state index is -3.36. The van der Waals surface area contributed by atoms with Crippen LogP contribution in [0.1, 0.15) is 20.8 Å². The molecule has 20 heavy (non-hydrogen) atoms. The van der Waals surface area contributed by atoms with E-state index in [1.54, 1.807) is 20.8 Å². The highest BCUT2D eigenvalue weighted by molar-refractivity contribution is 7.53. The van der Waals surface area contributed by atoms with Crippen molar-refractivity contribution in [2.24, 2.45) is 0 Å². The maximum Gasteiger partial charge on any atom is 0.508 e. The minimum Gasteiger partial charge on any atom is -0.435 e. The molecule has 0 amide bonds. The van der Waals surface area contributed by atoms with Gasteiger partial charge in [0.15, 0.2) is 0 Å². The first-order valence-electron chi connectivity index (χ1n) is 6.50. The molecular formula is C12H23O7P. The summed E-state index contributed by atoms with van der Waals surface area (Å²) in [6, 6.07) is 0. The number of rotatable bonds is 10. The van der Waals surface area contributed by atoms with Crippen LogP contribution in [0.3, 0.4) is 0 Å². The molecule has 0 fully saturated rings. The van der Waals surface area contributed by atoms with E-state index in [4.69, 9.17) is 18.9 Å². The van der Waals surface area contributed by atoms with Crippen LogP contribution in [0.15, 0.2) is 12.2 Å². The molecule has 0 aromatic rings. The molecule has 1 atom stereocenters. The van der Waals surface area contributed by atoms with Gasteiger partial charge in [0.05, 0.1) is 32.6 Å². The van der Waals surface area contributed by atoms with E-state index in [2.05, 4.69) is 4.74 Å². The van der Waals surface area contributed by atoms with Crippen molar-refractivity contribution in [3.63, 3.8) is 0 Å². The highest BCUT2D eigenvalue weighted by atomic mass is 31.2. The van der Waals surface area contributed by atoms with Gasteiger partial charge in [-0.05, 0) is 26.8 Å². The molecule has 0 aromatic carbocycles. The molecule has 0 spiro atoms. The minimum absolute atomic E-state index is 0.135. The Morgan fingerprint density at radius 3 is 2.25 bits per heavy atom. The average Bonchev–Trinajstić information content (AvgIpc) is 2.36. The predicted octanol–water partition coefficient (Wildman–Crippen LogP) is 2.34. The van der Waals surface area contributed by atoms with Gasteiger partial charge in [-0.15, -0.1) is 0 Å². The third kappa shape index (κ3) is 8.32. The predicted molar refractivity (Wildman–Crippen MR) is 73.8 cm³/mol. The molecule has 0 aliphatic rings. The summed E-state index contributed by atoms with van der Waals surface area (Å²) in [6.07, 6.45) is 0.933. The molecule has 8 heteroatoms. The Bertz CT molecular complexity index is 333. The molecule has 0 aliphatic heterocycles. The van der Waals surface area contributed by atoms with E-state index in [9.17, 15) is 9.36 Å². The van der Waals surface area contributed by atoms with Crippen LogP contribution in [0, 0.1) is 0 Å². The Labute approximate surface area is 119 Å². The van der Waals surface area contributed by atoms with E-state index in [1.807, 2.05) is 0 Å². The molecule has 0 heterocycles. The third-order valence-electron chi connectivity index (χ3n) is 2.02. The molecule has 0 rings (SSSR count). The fourth-order valence-corrected chi connectivity index (χ4v) is 3.09. The van der Waals surface area contributed by atoms with E-state index in [0.717, 1.165) is 0 Å². The fraction of sp³-hybridized carbons (Fsp3) is 0.750. The van der Waals surface area contributed by atoms with E-state index in [1.165, 1.54) is 12.2 Å². The Balaban J connectivity index is 4.79. The second-order valence-electron chi connectivity index (χ2n) is 3.58. The molecule has 1 N–H and O–H groups in total. The van der Waals surface area contributed by atoms with Crippen LogP contribution in [-0.2, 0) is 23.1 Å². The average molecular weight is 310 g/mol. The van der Waals surface area contributed by atoms with Gasteiger partial charge in [0, 0.05) is 0 Å². The normalized spacial score (nSPS) is 13.4. The van der Waals surface area contributed by atoms with Crippen molar-refractivity contribution in [2.75, 3.05) is 32.6 Å². The number of carbonyl (C=O) groups is 1. The Morgan fingerprint density at radius 1 is 1.20 bits per heavy atom. The zero-order valence-electron chi connectivity index (χ0n) is 12.1. The van der Waals surface area contributed by atoms with Gasteiger partial charge in [-0.25, -0.2) is 4.79 Å². The summed E-state index contributed by atoms with van der Waals surface area (Å²) in [5.74, 6) is 0. The maximum absolute atomic E-state index is 12.4. The van der Waals surface area contributed by atoms with Crippen LogP contribution in [0.25, 0.3) is 0 Å². The summed E-state index contributed by atoms with van der Waals surface area (Å²) in [4.78, 5) is 11.3. The van der Waals surface area contributed by atoms with Gasteiger partial charge < -0.3 is 23.6 Å². The number of aliphatic hydroxyl groups excluding tert-OH is 1. The number of hydrogen-bond acceptors (Lipinski definition) is 7. The largest absolute Gasteiger partial charge is 0.508 e. The van der Waals surface area contributed by atoms with E-state index >= 15 is 0 Å². The van der Waals surface area contributed by atoms with E-state index in [-0.39, 0.29) is 32.6 Å². The van der Waals surface area contributed by atoms with Crippen molar-refractivity contribution in [3.8, 4) is 0 Å². The summed E-state index contributed by atoms with van der Waals surface area (Å²) in [5.41, 5.74) is 0. The second kappa shape index (κ2) is 10.9. The van der Waals surface area contributed by atoms with Gasteiger partial charge in [-0.1, -0.05) is 6.08 Å². The lowest BCUT2D eigenvalue weighted by Gasteiger charge is -2.21. The van der Waals surface area contributed by atoms with Crippen molar-refractivity contribution in [1.29, 1.82) is 0 Å². The lowest BCUT2D eigenvalue weighted by atomic mass is 10.3. The van der Waals surface area contributed by atoms with Crippen LogP contribution in [0.2, 0.25) is 0 Å². The summed E-state index contributed by atoms with van der Waals surface area (Å²) in [6.45, 7) is 5.40. The first kappa shape index (κ1) is 19.1. The molecule has 0 saturated heterocycles. The zero-order chi connectivity index (χ0) is 15.4. The van der Waals surface area contributed by atoms with Gasteiger partial charge in [-0.3, -0.25) is 4.57 Å². The van der Waals surface area contributed by atoms with Crippen LogP contribution >= 0.6 is 7.60 Å². The smallest absolute Gasteiger partial charge is 0.435 e. The number of aliphatic hydroxyl groups is 1. The molecule has 0 aromatic heterocycles. The first-order valence-corrected chi connectivity index (χ1v) is 8.23. The lowest BCUT2D eigenvalue weighted by molar-refractivity contribution is 0.0442. The van der Waals surface area contributed by atoms with Crippen molar-refractivity contribution in [2.45, 2.75) is 26.9 Å². The van der Waals surface area contributed by atoms with Crippen LogP contribution in [-0.4, -0.2) is 50.0 Å². The fourth-order valence-electron chi connectivity index (χ4n) is 1.38. The molecule has 7 nitrogen and oxygen atoms in total. The zero-order valence-corrected chi connectivity index (χ0v) is 13.0. The van der Waals surface area contributed by atoms with Gasteiger partial charge in [-0.2, -0.15) is 0 Å². The van der Waals surface area contributed by atoms with Crippen molar-refractivity contribution < 1.29 is 33.0 Å². The van der Waals surface area contributed by atoms with Crippen LogP contribution < -0.4 is 0 Å². The second-order valence-corrected chi connectivity index (χ2v) is 5.68. The summed E-state index contributed by atoms with van der Waals surface area (Å²) >= 11 is 0. The van der Waals surface area contributed by atoms with Crippen molar-refractivity contribution in [3.05, 3.63) is 12.2 Å². The summed E-state index contributed by atoms with van der Waals surface area (Å²) < 4.78 is 32.3. The van der Waals surface area contributed by atoms with Crippen LogP contribution in [0.5, 0.6) is 0 Å². The first-order chi connectivity index (χ1) is 9.51. The highest BCUT2D eigenvalue weighted by Crippen LogP contribution is 2.49. The van der Waals surface area contributed by atoms with E-state index < -0.39 is 19.9 Å². The molecule has 0 saturated carbocycles. The molecule has 118 valence electrons. The third-order valence-corrected chi connectivity index (χ3v) is 4.13. The standard InChI is InChI=1S/C12H23O7P/c1-4-16-12(14)19-11(8-7-9-13)10-20(15,17-5-2)18-6-3/h7-8,11,13H,4-6,9-10H2,1-3H3/b8-7+. The van der Waals surface area contributed by atoms with Gasteiger partial charge in [0.25, 0.3) is 0 Å². The Hall–Kier alpha value is -0.880. The monoisotopic (exact) mass is 310 g/mol. The summed E-state index contributed by atoms with van der Waals surface area (Å²) in [7, 11) is -3.36. The number of hydrogen-bond donors (Lipinski definition) is 1. The lowest BCUT2D eigenvalue weighted by Crippen LogP contribution is -2.22. The SMILES string of the molecule is CCOC(=O)OC(/C=C/CO)CP(=O)(OCC)OCC. The van der Waals surface area contributed by atoms with Crippen LogP contribution in [0.4, 0.5) is 4.79 Å². The Kier molecular flexibility index (Phi) is 10.4. The molecule has 0 aliphatic carbocycles. The molecule has 1 unspecified atom stereocenters. The molecule has 0 radical (unpaired) electrons. The highest BCUT2D eigenvalue weighted by Gasteiger charge is 2.29. The van der Waals surface area contributed by atoms with Crippen molar-refractivity contribution in [1.82, 2.24) is 0 Å². The van der Waals surface area contributed by atoms with Gasteiger partial charge in [0.2, 0.25) is 0 Å². The van der Waals surface area contributed by atoms with Gasteiger partial charge >= 0.3 is 13.8 Å². The van der Waals surface area contributed by atoms with Gasteiger partial charge in [0.1, 0.15) is 6.10 Å². The quantitative estimate of drug-likeness (QED) is 0.376.